The molecule has 0 aliphatic carbocycles. The van der Waals surface area contributed by atoms with E-state index in [9.17, 15) is 4.79 Å². The highest BCUT2D eigenvalue weighted by Crippen LogP contribution is 2.07. The number of carbonyl (C=O) groups excluding carboxylic acids is 1. The fourth-order valence-electron chi connectivity index (χ4n) is 1.81. The van der Waals surface area contributed by atoms with Gasteiger partial charge in [-0.3, -0.25) is 9.89 Å². The van der Waals surface area contributed by atoms with Crippen molar-refractivity contribution in [1.29, 1.82) is 0 Å². The van der Waals surface area contributed by atoms with Crippen LogP contribution in [0, 0.1) is 6.92 Å². The molecule has 0 saturated heterocycles. The largest absolute Gasteiger partial charge is 0.343 e. The summed E-state index contributed by atoms with van der Waals surface area (Å²) in [5, 5.41) is 9.25. The summed E-state index contributed by atoms with van der Waals surface area (Å²) in [6.07, 6.45) is 3.29. The molecule has 3 aromatic rings. The molecule has 96 valence electrons. The van der Waals surface area contributed by atoms with Crippen molar-refractivity contribution in [3.8, 4) is 0 Å². The first kappa shape index (κ1) is 11.4. The first-order chi connectivity index (χ1) is 9.24. The molecule has 1 amide bonds. The van der Waals surface area contributed by atoms with Crippen LogP contribution in [0.1, 0.15) is 21.9 Å². The number of H-pyrrole nitrogens is 2. The van der Waals surface area contributed by atoms with E-state index in [1.165, 1.54) is 0 Å². The molecular formula is C12H12N6O. The summed E-state index contributed by atoms with van der Waals surface area (Å²) in [5.74, 6) is 0.461. The summed E-state index contributed by atoms with van der Waals surface area (Å²) < 4.78 is 0. The normalized spacial score (nSPS) is 10.8. The van der Waals surface area contributed by atoms with E-state index in [0.29, 0.717) is 23.7 Å². The molecule has 3 rings (SSSR count). The molecular weight excluding hydrogens is 244 g/mol. The molecule has 7 nitrogen and oxygen atoms in total. The molecule has 0 aliphatic heterocycles. The third kappa shape index (κ3) is 2.17. The van der Waals surface area contributed by atoms with Crippen LogP contribution in [0.2, 0.25) is 0 Å². The van der Waals surface area contributed by atoms with Crippen LogP contribution >= 0.6 is 0 Å². The number of nitrogens with zero attached hydrogens (tertiary/aromatic N) is 3. The number of aryl methyl sites for hydroxylation is 1. The lowest BCUT2D eigenvalue weighted by Crippen LogP contribution is -2.24. The van der Waals surface area contributed by atoms with Crippen molar-refractivity contribution in [2.45, 2.75) is 13.5 Å². The van der Waals surface area contributed by atoms with Gasteiger partial charge >= 0.3 is 0 Å². The van der Waals surface area contributed by atoms with E-state index in [1.807, 2.05) is 19.1 Å². The summed E-state index contributed by atoms with van der Waals surface area (Å²) in [5.41, 5.74) is 2.77. The van der Waals surface area contributed by atoms with Crippen molar-refractivity contribution in [2.75, 3.05) is 0 Å². The molecule has 0 spiro atoms. The average Bonchev–Trinajstić information content (AvgIpc) is 3.01. The number of carbonyl (C=O) groups is 1. The monoisotopic (exact) mass is 256 g/mol. The van der Waals surface area contributed by atoms with Gasteiger partial charge in [0, 0.05) is 6.20 Å². The van der Waals surface area contributed by atoms with Crippen LogP contribution in [-0.2, 0) is 6.54 Å². The van der Waals surface area contributed by atoms with E-state index in [-0.39, 0.29) is 5.91 Å². The van der Waals surface area contributed by atoms with E-state index in [1.54, 1.807) is 12.4 Å². The van der Waals surface area contributed by atoms with Crippen LogP contribution in [0.15, 0.2) is 24.5 Å². The molecule has 0 unspecified atom stereocenters. The number of hydrogen-bond acceptors (Lipinski definition) is 4. The fourth-order valence-corrected chi connectivity index (χ4v) is 1.81. The Morgan fingerprint density at radius 2 is 2.37 bits per heavy atom. The molecule has 0 aliphatic rings. The maximum atomic E-state index is 11.9. The molecule has 0 saturated carbocycles. The predicted octanol–water partition coefficient (Wildman–Crippen LogP) is 0.919. The first-order valence-corrected chi connectivity index (χ1v) is 5.82. The van der Waals surface area contributed by atoms with Gasteiger partial charge in [-0.2, -0.15) is 5.10 Å². The predicted molar refractivity (Wildman–Crippen MR) is 68.4 cm³/mol. The van der Waals surface area contributed by atoms with Gasteiger partial charge in [-0.05, 0) is 24.6 Å². The van der Waals surface area contributed by atoms with E-state index >= 15 is 0 Å². The molecule has 0 atom stereocenters. The van der Waals surface area contributed by atoms with Gasteiger partial charge in [-0.1, -0.05) is 0 Å². The van der Waals surface area contributed by atoms with Gasteiger partial charge in [0.15, 0.2) is 5.65 Å². The Morgan fingerprint density at radius 1 is 1.47 bits per heavy atom. The van der Waals surface area contributed by atoms with E-state index in [2.05, 4.69) is 30.5 Å². The number of fused-ring (bicyclic) bond motifs is 1. The summed E-state index contributed by atoms with van der Waals surface area (Å²) in [4.78, 5) is 23.4. The second kappa shape index (κ2) is 4.52. The molecule has 0 fully saturated rings. The zero-order chi connectivity index (χ0) is 13.2. The van der Waals surface area contributed by atoms with Gasteiger partial charge in [0.05, 0.1) is 18.3 Å². The number of nitrogens with one attached hydrogen (secondary N) is 3. The fraction of sp³-hybridized carbons (Fsp3) is 0.167. The van der Waals surface area contributed by atoms with Gasteiger partial charge in [0.2, 0.25) is 0 Å². The number of amides is 1. The van der Waals surface area contributed by atoms with Crippen LogP contribution in [0.3, 0.4) is 0 Å². The maximum Gasteiger partial charge on any atom is 0.269 e. The summed E-state index contributed by atoms with van der Waals surface area (Å²) >= 11 is 0. The van der Waals surface area contributed by atoms with Crippen molar-refractivity contribution in [3.05, 3.63) is 41.6 Å². The zero-order valence-corrected chi connectivity index (χ0v) is 10.3. The average molecular weight is 256 g/mol. The van der Waals surface area contributed by atoms with E-state index < -0.39 is 0 Å². The highest BCUT2D eigenvalue weighted by molar-refractivity contribution is 5.93. The Bertz CT molecular complexity index is 695. The molecule has 3 aromatic heterocycles. The first-order valence-electron chi connectivity index (χ1n) is 5.82. The zero-order valence-electron chi connectivity index (χ0n) is 10.3. The van der Waals surface area contributed by atoms with Crippen LogP contribution in [-0.4, -0.2) is 31.1 Å². The Kier molecular flexibility index (Phi) is 2.71. The lowest BCUT2D eigenvalue weighted by Gasteiger charge is -2.01. The highest BCUT2D eigenvalue weighted by atomic mass is 16.1. The number of pyridine rings is 1. The van der Waals surface area contributed by atoms with E-state index in [0.717, 1.165) is 11.1 Å². The van der Waals surface area contributed by atoms with Crippen LogP contribution in [0.25, 0.3) is 11.2 Å². The number of imidazole rings is 1. The van der Waals surface area contributed by atoms with Crippen molar-refractivity contribution in [1.82, 2.24) is 30.5 Å². The van der Waals surface area contributed by atoms with Gasteiger partial charge in [0.25, 0.3) is 5.91 Å². The minimum atomic E-state index is -0.205. The second-order valence-electron chi connectivity index (χ2n) is 4.17. The Morgan fingerprint density at radius 3 is 3.11 bits per heavy atom. The third-order valence-corrected chi connectivity index (χ3v) is 2.78. The quantitative estimate of drug-likeness (QED) is 0.648. The SMILES string of the molecule is Cc1cn[nH]c1C(=O)NCc1nc2ncccc2[nH]1. The van der Waals surface area contributed by atoms with Crippen LogP contribution in [0.5, 0.6) is 0 Å². The molecule has 19 heavy (non-hydrogen) atoms. The van der Waals surface area contributed by atoms with Gasteiger partial charge < -0.3 is 10.3 Å². The standard InChI is InChI=1S/C12H12N6O/c1-7-5-15-18-10(7)12(19)14-6-9-16-8-3-2-4-13-11(8)17-9/h2-5H,6H2,1H3,(H,14,19)(H,15,18)(H,13,16,17). The Hall–Kier alpha value is -2.70. The smallest absolute Gasteiger partial charge is 0.269 e. The molecule has 0 radical (unpaired) electrons. The molecule has 7 heteroatoms. The number of aromatic amines is 2. The van der Waals surface area contributed by atoms with Crippen molar-refractivity contribution < 1.29 is 4.79 Å². The topological polar surface area (TPSA) is 99.3 Å². The van der Waals surface area contributed by atoms with Gasteiger partial charge in [-0.25, -0.2) is 9.97 Å². The van der Waals surface area contributed by atoms with Crippen molar-refractivity contribution >= 4 is 17.1 Å². The Labute approximate surface area is 108 Å². The molecule has 3 heterocycles. The molecule has 0 bridgehead atoms. The third-order valence-electron chi connectivity index (χ3n) is 2.78. The lowest BCUT2D eigenvalue weighted by atomic mass is 10.2. The summed E-state index contributed by atoms with van der Waals surface area (Å²) in [6.45, 7) is 2.14. The van der Waals surface area contributed by atoms with Crippen LogP contribution in [0.4, 0.5) is 0 Å². The number of rotatable bonds is 3. The van der Waals surface area contributed by atoms with Crippen molar-refractivity contribution in [3.63, 3.8) is 0 Å². The minimum Gasteiger partial charge on any atom is -0.343 e. The van der Waals surface area contributed by atoms with Crippen molar-refractivity contribution in [2.24, 2.45) is 0 Å². The minimum absolute atomic E-state index is 0.205. The van der Waals surface area contributed by atoms with E-state index in [4.69, 9.17) is 0 Å². The van der Waals surface area contributed by atoms with Gasteiger partial charge in [0.1, 0.15) is 11.5 Å². The van der Waals surface area contributed by atoms with Gasteiger partial charge in [-0.15, -0.1) is 0 Å². The molecule has 0 aromatic carbocycles. The highest BCUT2D eigenvalue weighted by Gasteiger charge is 2.11. The lowest BCUT2D eigenvalue weighted by molar-refractivity contribution is 0.0944. The second-order valence-corrected chi connectivity index (χ2v) is 4.17. The number of aromatic nitrogens is 5. The maximum absolute atomic E-state index is 11.9. The van der Waals surface area contributed by atoms with Crippen LogP contribution < -0.4 is 5.32 Å². The Balaban J connectivity index is 1.72. The summed E-state index contributed by atoms with van der Waals surface area (Å²) in [7, 11) is 0. The summed E-state index contributed by atoms with van der Waals surface area (Å²) in [6, 6.07) is 3.72. The molecule has 3 N–H and O–H groups in total. The number of hydrogen-bond donors (Lipinski definition) is 3.